The molecule has 0 radical (unpaired) electrons. The van der Waals surface area contributed by atoms with E-state index in [1.54, 1.807) is 24.3 Å². The molecule has 0 aliphatic rings. The van der Waals surface area contributed by atoms with Crippen LogP contribution >= 0.6 is 11.3 Å². The number of aromatic nitrogens is 4. The van der Waals surface area contributed by atoms with Crippen molar-refractivity contribution in [3.63, 3.8) is 0 Å². The molecule has 4 aromatic rings. The maximum atomic E-state index is 12.4. The Balaban J connectivity index is 1.49. The molecule has 0 unspecified atom stereocenters. The fourth-order valence-electron chi connectivity index (χ4n) is 2.61. The third-order valence-corrected chi connectivity index (χ3v) is 4.78. The summed E-state index contributed by atoms with van der Waals surface area (Å²) in [6, 6.07) is 14.9. The van der Waals surface area contributed by atoms with E-state index in [1.165, 1.54) is 16.9 Å². The van der Waals surface area contributed by atoms with Crippen molar-refractivity contribution in [2.24, 2.45) is 0 Å². The lowest BCUT2D eigenvalue weighted by Gasteiger charge is -2.04. The number of benzene rings is 2. The van der Waals surface area contributed by atoms with Gasteiger partial charge in [-0.1, -0.05) is 47.2 Å². The highest BCUT2D eigenvalue weighted by Crippen LogP contribution is 2.25. The van der Waals surface area contributed by atoms with Crippen LogP contribution in [0.3, 0.4) is 0 Å². The zero-order chi connectivity index (χ0) is 18.8. The number of aryl methyl sites for hydroxylation is 1. The van der Waals surface area contributed by atoms with Crippen LogP contribution in [0.15, 0.2) is 58.7 Å². The summed E-state index contributed by atoms with van der Waals surface area (Å²) in [6.07, 6.45) is 0. The molecule has 4 rings (SSSR count). The minimum absolute atomic E-state index is 0.226. The second-order valence-corrected chi connectivity index (χ2v) is 6.88. The monoisotopic (exact) mass is 377 g/mol. The molecule has 0 fully saturated rings. The second kappa shape index (κ2) is 7.08. The number of carbonyl (C=O) groups is 1. The number of anilines is 1. The first-order valence-corrected chi connectivity index (χ1v) is 9.13. The van der Waals surface area contributed by atoms with Gasteiger partial charge in [-0.15, -0.1) is 16.4 Å². The van der Waals surface area contributed by atoms with Crippen LogP contribution in [0.25, 0.3) is 22.2 Å². The fourth-order valence-corrected chi connectivity index (χ4v) is 3.35. The van der Waals surface area contributed by atoms with Crippen LogP contribution < -0.4 is 10.9 Å². The van der Waals surface area contributed by atoms with Gasteiger partial charge in [0.1, 0.15) is 12.1 Å². The Morgan fingerprint density at radius 3 is 2.74 bits per heavy atom. The van der Waals surface area contributed by atoms with Crippen molar-refractivity contribution >= 4 is 33.3 Å². The highest BCUT2D eigenvalue weighted by molar-refractivity contribution is 7.14. The SMILES string of the molecule is Cc1ccc(-c2csc(NC(=O)Cn3nnc4ccccc4c3=O)n2)cc1. The third kappa shape index (κ3) is 3.61. The van der Waals surface area contributed by atoms with Gasteiger partial charge in [-0.2, -0.15) is 0 Å². The van der Waals surface area contributed by atoms with E-state index < -0.39 is 0 Å². The molecular formula is C19H15N5O2S. The van der Waals surface area contributed by atoms with Crippen LogP contribution in [0.4, 0.5) is 5.13 Å². The molecule has 2 heterocycles. The number of nitrogens with zero attached hydrogens (tertiary/aromatic N) is 4. The Bertz CT molecular complexity index is 1180. The van der Waals surface area contributed by atoms with Crippen LogP contribution in [-0.2, 0) is 11.3 Å². The van der Waals surface area contributed by atoms with Gasteiger partial charge in [-0.3, -0.25) is 9.59 Å². The Kier molecular flexibility index (Phi) is 4.47. The van der Waals surface area contributed by atoms with E-state index in [4.69, 9.17) is 0 Å². The van der Waals surface area contributed by atoms with E-state index in [1.807, 2.05) is 36.6 Å². The van der Waals surface area contributed by atoms with Gasteiger partial charge < -0.3 is 5.32 Å². The summed E-state index contributed by atoms with van der Waals surface area (Å²) in [5.74, 6) is -0.383. The average Bonchev–Trinajstić information content (AvgIpc) is 3.13. The highest BCUT2D eigenvalue weighted by atomic mass is 32.1. The molecule has 7 nitrogen and oxygen atoms in total. The zero-order valence-electron chi connectivity index (χ0n) is 14.4. The molecule has 0 spiro atoms. The molecule has 27 heavy (non-hydrogen) atoms. The van der Waals surface area contributed by atoms with E-state index in [-0.39, 0.29) is 18.0 Å². The molecule has 1 N–H and O–H groups in total. The Labute approximate surface area is 158 Å². The smallest absolute Gasteiger partial charge is 0.278 e. The van der Waals surface area contributed by atoms with E-state index in [0.29, 0.717) is 16.0 Å². The highest BCUT2D eigenvalue weighted by Gasteiger charge is 2.12. The number of amides is 1. The number of rotatable bonds is 4. The van der Waals surface area contributed by atoms with Crippen molar-refractivity contribution in [1.82, 2.24) is 20.0 Å². The molecule has 2 aromatic heterocycles. The molecular weight excluding hydrogens is 362 g/mol. The summed E-state index contributed by atoms with van der Waals surface area (Å²) in [6.45, 7) is 1.80. The summed E-state index contributed by atoms with van der Waals surface area (Å²) in [5.41, 5.74) is 3.09. The molecule has 2 aromatic carbocycles. The van der Waals surface area contributed by atoms with Crippen LogP contribution in [0.2, 0.25) is 0 Å². The zero-order valence-corrected chi connectivity index (χ0v) is 15.2. The number of thiazole rings is 1. The van der Waals surface area contributed by atoms with Crippen LogP contribution in [-0.4, -0.2) is 25.9 Å². The van der Waals surface area contributed by atoms with Crippen LogP contribution in [0, 0.1) is 6.92 Å². The summed E-state index contributed by atoms with van der Waals surface area (Å²) in [4.78, 5) is 29.1. The van der Waals surface area contributed by atoms with Gasteiger partial charge in [0, 0.05) is 10.9 Å². The minimum Gasteiger partial charge on any atom is -0.300 e. The van der Waals surface area contributed by atoms with Crippen LogP contribution in [0.1, 0.15) is 5.56 Å². The van der Waals surface area contributed by atoms with E-state index in [2.05, 4.69) is 20.6 Å². The topological polar surface area (TPSA) is 89.8 Å². The number of hydrogen-bond acceptors (Lipinski definition) is 6. The second-order valence-electron chi connectivity index (χ2n) is 6.02. The predicted molar refractivity (Wildman–Crippen MR) is 105 cm³/mol. The normalized spacial score (nSPS) is 10.9. The lowest BCUT2D eigenvalue weighted by atomic mass is 10.1. The van der Waals surface area contributed by atoms with Crippen molar-refractivity contribution in [3.8, 4) is 11.3 Å². The van der Waals surface area contributed by atoms with E-state index in [0.717, 1.165) is 15.9 Å². The maximum absolute atomic E-state index is 12.4. The van der Waals surface area contributed by atoms with Gasteiger partial charge in [0.2, 0.25) is 5.91 Å². The quantitative estimate of drug-likeness (QED) is 0.591. The van der Waals surface area contributed by atoms with Gasteiger partial charge in [0.05, 0.1) is 11.1 Å². The Hall–Kier alpha value is -3.39. The first-order valence-electron chi connectivity index (χ1n) is 8.25. The van der Waals surface area contributed by atoms with Crippen molar-refractivity contribution in [3.05, 3.63) is 69.8 Å². The average molecular weight is 377 g/mol. The Morgan fingerprint density at radius 2 is 1.93 bits per heavy atom. The lowest BCUT2D eigenvalue weighted by Crippen LogP contribution is -2.30. The molecule has 134 valence electrons. The van der Waals surface area contributed by atoms with Gasteiger partial charge in [-0.25, -0.2) is 9.67 Å². The predicted octanol–water partition coefficient (Wildman–Crippen LogP) is 2.86. The van der Waals surface area contributed by atoms with Crippen molar-refractivity contribution in [1.29, 1.82) is 0 Å². The van der Waals surface area contributed by atoms with E-state index >= 15 is 0 Å². The summed E-state index contributed by atoms with van der Waals surface area (Å²) in [7, 11) is 0. The first-order chi connectivity index (χ1) is 13.1. The molecule has 0 saturated heterocycles. The van der Waals surface area contributed by atoms with Crippen molar-refractivity contribution in [2.45, 2.75) is 13.5 Å². The fraction of sp³-hybridized carbons (Fsp3) is 0.105. The van der Waals surface area contributed by atoms with Gasteiger partial charge in [0.15, 0.2) is 5.13 Å². The number of hydrogen-bond donors (Lipinski definition) is 1. The first kappa shape index (κ1) is 17.0. The molecule has 0 bridgehead atoms. The van der Waals surface area contributed by atoms with E-state index in [9.17, 15) is 9.59 Å². The van der Waals surface area contributed by atoms with Gasteiger partial charge in [-0.05, 0) is 19.1 Å². The summed E-state index contributed by atoms with van der Waals surface area (Å²) < 4.78 is 1.05. The molecule has 1 amide bonds. The van der Waals surface area contributed by atoms with Crippen LogP contribution in [0.5, 0.6) is 0 Å². The van der Waals surface area contributed by atoms with Gasteiger partial charge >= 0.3 is 0 Å². The molecule has 0 saturated carbocycles. The minimum atomic E-state index is -0.383. The van der Waals surface area contributed by atoms with Crippen molar-refractivity contribution in [2.75, 3.05) is 5.32 Å². The molecule has 0 atom stereocenters. The van der Waals surface area contributed by atoms with Crippen molar-refractivity contribution < 1.29 is 4.79 Å². The lowest BCUT2D eigenvalue weighted by molar-refractivity contribution is -0.117. The number of carbonyl (C=O) groups excluding carboxylic acids is 1. The standard InChI is InChI=1S/C19H15N5O2S/c1-12-6-8-13(9-7-12)16-11-27-19(20-16)21-17(25)10-24-18(26)14-4-2-3-5-15(14)22-23-24/h2-9,11H,10H2,1H3,(H,20,21,25). The largest absolute Gasteiger partial charge is 0.300 e. The summed E-state index contributed by atoms with van der Waals surface area (Å²) in [5, 5.41) is 13.3. The molecule has 0 aliphatic heterocycles. The maximum Gasteiger partial charge on any atom is 0.278 e. The molecule has 8 heteroatoms. The number of fused-ring (bicyclic) bond motifs is 1. The Morgan fingerprint density at radius 1 is 1.15 bits per heavy atom. The third-order valence-electron chi connectivity index (χ3n) is 4.02. The summed E-state index contributed by atoms with van der Waals surface area (Å²) >= 11 is 1.33. The molecule has 0 aliphatic carbocycles. The number of nitrogens with one attached hydrogen (secondary N) is 1. The van der Waals surface area contributed by atoms with Gasteiger partial charge in [0.25, 0.3) is 5.56 Å².